The molecule has 1 aromatic carbocycles. The Morgan fingerprint density at radius 3 is 2.67 bits per heavy atom. The lowest BCUT2D eigenvalue weighted by Gasteiger charge is -2.20. The highest BCUT2D eigenvalue weighted by atomic mass is 35.5. The van der Waals surface area contributed by atoms with Gasteiger partial charge in [-0.2, -0.15) is 0 Å². The van der Waals surface area contributed by atoms with Crippen LogP contribution in [0.25, 0.3) is 11.3 Å². The van der Waals surface area contributed by atoms with Crippen molar-refractivity contribution in [3.63, 3.8) is 0 Å². The number of methoxy groups -OCH3 is 1. The number of halogens is 1. The molecule has 0 radical (unpaired) electrons. The number of alkyl halides is 1. The third-order valence-corrected chi connectivity index (χ3v) is 4.02. The van der Waals surface area contributed by atoms with Gasteiger partial charge in [0.25, 0.3) is 5.56 Å². The first-order chi connectivity index (χ1) is 10.1. The summed E-state index contributed by atoms with van der Waals surface area (Å²) in [5, 5.41) is 0. The molecule has 1 heterocycles. The SMILES string of the molecule is CCC(C)n1c(-c2cccc(OC)c2)ccc(CCl)c1=O. The van der Waals surface area contributed by atoms with E-state index in [1.54, 1.807) is 7.11 Å². The van der Waals surface area contributed by atoms with Crippen molar-refractivity contribution in [2.75, 3.05) is 7.11 Å². The minimum Gasteiger partial charge on any atom is -0.497 e. The molecule has 0 fully saturated rings. The van der Waals surface area contributed by atoms with Gasteiger partial charge in [-0.25, -0.2) is 0 Å². The third kappa shape index (κ3) is 3.13. The quantitative estimate of drug-likeness (QED) is 0.774. The van der Waals surface area contributed by atoms with Gasteiger partial charge in [-0.15, -0.1) is 11.6 Å². The fourth-order valence-electron chi connectivity index (χ4n) is 2.33. The van der Waals surface area contributed by atoms with E-state index in [4.69, 9.17) is 16.3 Å². The molecule has 0 saturated heterocycles. The molecule has 2 rings (SSSR count). The van der Waals surface area contributed by atoms with E-state index in [0.29, 0.717) is 5.56 Å². The monoisotopic (exact) mass is 305 g/mol. The number of pyridine rings is 1. The second-order valence-corrected chi connectivity index (χ2v) is 5.31. The molecule has 1 atom stereocenters. The number of rotatable bonds is 5. The Labute approximate surface area is 130 Å². The van der Waals surface area contributed by atoms with Crippen LogP contribution in [0.3, 0.4) is 0 Å². The van der Waals surface area contributed by atoms with Gasteiger partial charge in [0.2, 0.25) is 0 Å². The average Bonchev–Trinajstić information content (AvgIpc) is 2.53. The van der Waals surface area contributed by atoms with Crippen LogP contribution in [-0.4, -0.2) is 11.7 Å². The van der Waals surface area contributed by atoms with E-state index >= 15 is 0 Å². The maximum absolute atomic E-state index is 12.6. The normalized spacial score (nSPS) is 12.2. The van der Waals surface area contributed by atoms with Crippen LogP contribution in [0.15, 0.2) is 41.2 Å². The molecule has 3 nitrogen and oxygen atoms in total. The topological polar surface area (TPSA) is 31.2 Å². The van der Waals surface area contributed by atoms with Crippen molar-refractivity contribution in [2.45, 2.75) is 32.2 Å². The molecule has 0 bridgehead atoms. The Morgan fingerprint density at radius 1 is 1.29 bits per heavy atom. The first-order valence-corrected chi connectivity index (χ1v) is 7.60. The Kier molecular flexibility index (Phi) is 5.07. The van der Waals surface area contributed by atoms with Gasteiger partial charge in [-0.05, 0) is 31.5 Å². The summed E-state index contributed by atoms with van der Waals surface area (Å²) in [5.41, 5.74) is 2.47. The van der Waals surface area contributed by atoms with Gasteiger partial charge in [0.15, 0.2) is 0 Å². The molecule has 0 saturated carbocycles. The summed E-state index contributed by atoms with van der Waals surface area (Å²) in [5.74, 6) is 1.00. The lowest BCUT2D eigenvalue weighted by Crippen LogP contribution is -2.27. The maximum Gasteiger partial charge on any atom is 0.255 e. The minimum atomic E-state index is -0.0142. The van der Waals surface area contributed by atoms with E-state index in [9.17, 15) is 4.79 Å². The molecule has 0 aliphatic heterocycles. The van der Waals surface area contributed by atoms with E-state index in [-0.39, 0.29) is 17.5 Å². The lowest BCUT2D eigenvalue weighted by atomic mass is 10.1. The number of hydrogen-bond acceptors (Lipinski definition) is 2. The molecule has 0 spiro atoms. The highest BCUT2D eigenvalue weighted by molar-refractivity contribution is 6.17. The van der Waals surface area contributed by atoms with Gasteiger partial charge < -0.3 is 9.30 Å². The van der Waals surface area contributed by atoms with Gasteiger partial charge in [-0.1, -0.05) is 25.1 Å². The summed E-state index contributed by atoms with van der Waals surface area (Å²) in [4.78, 5) is 12.6. The second-order valence-electron chi connectivity index (χ2n) is 5.04. The summed E-state index contributed by atoms with van der Waals surface area (Å²) >= 11 is 5.86. The first-order valence-electron chi connectivity index (χ1n) is 7.07. The fraction of sp³-hybridized carbons (Fsp3) is 0.353. The molecule has 2 aromatic rings. The van der Waals surface area contributed by atoms with Gasteiger partial charge in [0.05, 0.1) is 18.7 Å². The van der Waals surface area contributed by atoms with Crippen molar-refractivity contribution in [3.8, 4) is 17.0 Å². The zero-order chi connectivity index (χ0) is 15.4. The van der Waals surface area contributed by atoms with Crippen molar-refractivity contribution in [3.05, 3.63) is 52.3 Å². The molecular formula is C17H20ClNO2. The van der Waals surface area contributed by atoms with E-state index in [2.05, 4.69) is 6.92 Å². The van der Waals surface area contributed by atoms with Crippen molar-refractivity contribution < 1.29 is 4.74 Å². The van der Waals surface area contributed by atoms with Gasteiger partial charge in [0.1, 0.15) is 5.75 Å². The van der Waals surface area contributed by atoms with Crippen LogP contribution < -0.4 is 10.3 Å². The van der Waals surface area contributed by atoms with E-state index in [1.807, 2.05) is 47.9 Å². The van der Waals surface area contributed by atoms with Crippen LogP contribution >= 0.6 is 11.6 Å². The Morgan fingerprint density at radius 2 is 2.05 bits per heavy atom. The zero-order valence-corrected chi connectivity index (χ0v) is 13.4. The number of benzene rings is 1. The molecular weight excluding hydrogens is 286 g/mol. The van der Waals surface area contributed by atoms with Crippen LogP contribution in [0.5, 0.6) is 5.75 Å². The van der Waals surface area contributed by atoms with Crippen LogP contribution in [0.4, 0.5) is 0 Å². The highest BCUT2D eigenvalue weighted by Crippen LogP contribution is 2.26. The number of aromatic nitrogens is 1. The summed E-state index contributed by atoms with van der Waals surface area (Å²) in [7, 11) is 1.64. The van der Waals surface area contributed by atoms with E-state index in [0.717, 1.165) is 23.4 Å². The standard InChI is InChI=1S/C17H20ClNO2/c1-4-12(2)19-16(9-8-14(11-18)17(19)20)13-6-5-7-15(10-13)21-3/h5-10,12H,4,11H2,1-3H3. The fourth-order valence-corrected chi connectivity index (χ4v) is 2.54. The Bertz CT molecular complexity index is 679. The van der Waals surface area contributed by atoms with E-state index < -0.39 is 0 Å². The molecule has 1 unspecified atom stereocenters. The lowest BCUT2D eigenvalue weighted by molar-refractivity contribution is 0.415. The minimum absolute atomic E-state index is 0.0142. The van der Waals surface area contributed by atoms with Crippen molar-refractivity contribution in [1.82, 2.24) is 4.57 Å². The van der Waals surface area contributed by atoms with Crippen molar-refractivity contribution in [2.24, 2.45) is 0 Å². The maximum atomic E-state index is 12.6. The van der Waals surface area contributed by atoms with Gasteiger partial charge >= 0.3 is 0 Å². The van der Waals surface area contributed by atoms with Crippen LogP contribution in [0, 0.1) is 0 Å². The molecule has 0 N–H and O–H groups in total. The van der Waals surface area contributed by atoms with Crippen LogP contribution in [-0.2, 0) is 5.88 Å². The summed E-state index contributed by atoms with van der Waals surface area (Å²) in [6.45, 7) is 4.11. The molecule has 0 aliphatic carbocycles. The molecule has 21 heavy (non-hydrogen) atoms. The first kappa shape index (κ1) is 15.6. The second kappa shape index (κ2) is 6.81. The predicted molar refractivity (Wildman–Crippen MR) is 87.2 cm³/mol. The third-order valence-electron chi connectivity index (χ3n) is 3.74. The van der Waals surface area contributed by atoms with Crippen molar-refractivity contribution in [1.29, 1.82) is 0 Å². The predicted octanol–water partition coefficient (Wildman–Crippen LogP) is 4.23. The molecule has 4 heteroatoms. The Balaban J connectivity index is 2.67. The zero-order valence-electron chi connectivity index (χ0n) is 12.6. The largest absolute Gasteiger partial charge is 0.497 e. The smallest absolute Gasteiger partial charge is 0.255 e. The van der Waals surface area contributed by atoms with Gasteiger partial charge in [-0.3, -0.25) is 4.79 Å². The number of nitrogens with zero attached hydrogens (tertiary/aromatic N) is 1. The van der Waals surface area contributed by atoms with Crippen LogP contribution in [0.2, 0.25) is 0 Å². The summed E-state index contributed by atoms with van der Waals surface area (Å²) in [6, 6.07) is 11.6. The van der Waals surface area contributed by atoms with Gasteiger partial charge in [0, 0.05) is 17.2 Å². The molecule has 1 aromatic heterocycles. The van der Waals surface area contributed by atoms with E-state index in [1.165, 1.54) is 0 Å². The number of hydrogen-bond donors (Lipinski definition) is 0. The molecule has 112 valence electrons. The van der Waals surface area contributed by atoms with Crippen LogP contribution in [0.1, 0.15) is 31.9 Å². The molecule has 0 amide bonds. The summed E-state index contributed by atoms with van der Waals surface area (Å²) in [6.07, 6.45) is 0.878. The summed E-state index contributed by atoms with van der Waals surface area (Å²) < 4.78 is 7.10. The number of ether oxygens (including phenoxy) is 1. The highest BCUT2D eigenvalue weighted by Gasteiger charge is 2.14. The Hall–Kier alpha value is -1.74. The molecule has 0 aliphatic rings. The average molecular weight is 306 g/mol. The van der Waals surface area contributed by atoms with Crippen molar-refractivity contribution >= 4 is 11.6 Å².